The molecule has 0 fully saturated rings. The zero-order chi connectivity index (χ0) is 17.0. The molecule has 0 radical (unpaired) electrons. The van der Waals surface area contributed by atoms with E-state index in [4.69, 9.17) is 0 Å². The lowest BCUT2D eigenvalue weighted by Crippen LogP contribution is -2.32. The number of imidazole rings is 1. The summed E-state index contributed by atoms with van der Waals surface area (Å²) in [4.78, 5) is 14.6. The van der Waals surface area contributed by atoms with E-state index in [1.165, 1.54) is 5.69 Å². The summed E-state index contributed by atoms with van der Waals surface area (Å²) >= 11 is 0. The second-order valence-corrected chi connectivity index (χ2v) is 5.55. The van der Waals surface area contributed by atoms with Crippen molar-refractivity contribution in [3.05, 3.63) is 51.0 Å². The van der Waals surface area contributed by atoms with Crippen molar-refractivity contribution in [1.82, 2.24) is 9.13 Å². The van der Waals surface area contributed by atoms with E-state index >= 15 is 0 Å². The molecular weight excluding hydrogens is 286 g/mol. The molecule has 124 valence electrons. The van der Waals surface area contributed by atoms with Gasteiger partial charge in [-0.15, -0.1) is 0 Å². The summed E-state index contributed by atoms with van der Waals surface area (Å²) in [5.41, 5.74) is 2.37. The predicted octanol–water partition coefficient (Wildman–Crippen LogP) is 1.68. The molecule has 0 aliphatic carbocycles. The summed E-state index contributed by atoms with van der Waals surface area (Å²) in [6, 6.07) is 8.51. The van der Waals surface area contributed by atoms with Gasteiger partial charge in [0.2, 0.25) is 0 Å². The van der Waals surface area contributed by atoms with E-state index in [0.717, 1.165) is 29.4 Å². The second kappa shape index (κ2) is 7.36. The van der Waals surface area contributed by atoms with Crippen LogP contribution in [0.3, 0.4) is 0 Å². The van der Waals surface area contributed by atoms with E-state index in [2.05, 4.69) is 49.1 Å². The Kier molecular flexibility index (Phi) is 5.48. The molecule has 1 aromatic carbocycles. The SMILES string of the molecule is CC=c1/c(=C\c2ccc(N(CC)CC)cc2)n(C)c(=O)n1CC. The van der Waals surface area contributed by atoms with Gasteiger partial charge in [-0.05, 0) is 51.5 Å². The van der Waals surface area contributed by atoms with Crippen LogP contribution in [0.25, 0.3) is 12.2 Å². The lowest BCUT2D eigenvalue weighted by Gasteiger charge is -2.20. The van der Waals surface area contributed by atoms with Gasteiger partial charge in [0.1, 0.15) is 0 Å². The molecule has 0 spiro atoms. The lowest BCUT2D eigenvalue weighted by molar-refractivity contribution is 0.681. The number of rotatable bonds is 5. The van der Waals surface area contributed by atoms with Crippen molar-refractivity contribution >= 4 is 17.8 Å². The van der Waals surface area contributed by atoms with Crippen LogP contribution in [0.4, 0.5) is 5.69 Å². The Bertz CT molecular complexity index is 821. The van der Waals surface area contributed by atoms with Crippen LogP contribution in [0.15, 0.2) is 29.1 Å². The highest BCUT2D eigenvalue weighted by atomic mass is 16.1. The number of hydrogen-bond acceptors (Lipinski definition) is 2. The minimum atomic E-state index is 0.0339. The van der Waals surface area contributed by atoms with E-state index in [0.29, 0.717) is 6.54 Å². The highest BCUT2D eigenvalue weighted by molar-refractivity contribution is 5.55. The Morgan fingerprint density at radius 1 is 1.04 bits per heavy atom. The van der Waals surface area contributed by atoms with Crippen LogP contribution < -0.4 is 21.3 Å². The van der Waals surface area contributed by atoms with Crippen molar-refractivity contribution in [2.45, 2.75) is 34.2 Å². The number of aromatic nitrogens is 2. The molecule has 4 heteroatoms. The van der Waals surface area contributed by atoms with Crippen LogP contribution in [0.1, 0.15) is 33.3 Å². The highest BCUT2D eigenvalue weighted by Crippen LogP contribution is 2.14. The van der Waals surface area contributed by atoms with Crippen LogP contribution in [-0.4, -0.2) is 22.2 Å². The Morgan fingerprint density at radius 3 is 2.13 bits per heavy atom. The second-order valence-electron chi connectivity index (χ2n) is 5.55. The third-order valence-electron chi connectivity index (χ3n) is 4.35. The summed E-state index contributed by atoms with van der Waals surface area (Å²) in [7, 11) is 1.83. The van der Waals surface area contributed by atoms with Crippen molar-refractivity contribution in [2.24, 2.45) is 7.05 Å². The highest BCUT2D eigenvalue weighted by Gasteiger charge is 2.05. The monoisotopic (exact) mass is 313 g/mol. The van der Waals surface area contributed by atoms with Crippen LogP contribution in [0.2, 0.25) is 0 Å². The van der Waals surface area contributed by atoms with E-state index in [9.17, 15) is 4.79 Å². The fraction of sp³-hybridized carbons (Fsp3) is 0.421. The average molecular weight is 313 g/mol. The fourth-order valence-electron chi connectivity index (χ4n) is 3.01. The largest absolute Gasteiger partial charge is 0.372 e. The summed E-state index contributed by atoms with van der Waals surface area (Å²) in [6.07, 6.45) is 4.08. The standard InChI is InChI=1S/C19H27N3O/c1-6-17-18(20(5)19(23)22(17)9-4)14-15-10-12-16(13-11-15)21(7-2)8-3/h6,10-14H,7-9H2,1-5H3/b17-6?,18-14+. The maximum atomic E-state index is 12.3. The molecule has 0 bridgehead atoms. The molecule has 0 unspecified atom stereocenters. The Morgan fingerprint density at radius 2 is 1.65 bits per heavy atom. The summed E-state index contributed by atoms with van der Waals surface area (Å²) in [6.45, 7) is 11.0. The maximum absolute atomic E-state index is 12.3. The van der Waals surface area contributed by atoms with E-state index in [1.54, 1.807) is 9.13 Å². The predicted molar refractivity (Wildman–Crippen MR) is 98.3 cm³/mol. The van der Waals surface area contributed by atoms with E-state index < -0.39 is 0 Å². The molecule has 0 aliphatic rings. The number of nitrogens with zero attached hydrogens (tertiary/aromatic N) is 3. The van der Waals surface area contributed by atoms with Crippen LogP contribution in [0, 0.1) is 0 Å². The molecule has 0 amide bonds. The molecule has 2 rings (SSSR count). The normalized spacial score (nSPS) is 12.9. The summed E-state index contributed by atoms with van der Waals surface area (Å²) in [5, 5.41) is 1.93. The first kappa shape index (κ1) is 17.1. The first-order chi connectivity index (χ1) is 11.1. The Labute approximate surface area is 138 Å². The molecular formula is C19H27N3O. The zero-order valence-corrected chi connectivity index (χ0v) is 14.8. The molecule has 1 heterocycles. The molecule has 0 atom stereocenters. The topological polar surface area (TPSA) is 30.2 Å². The maximum Gasteiger partial charge on any atom is 0.328 e. The lowest BCUT2D eigenvalue weighted by atomic mass is 10.1. The molecule has 1 aromatic heterocycles. The molecule has 0 N–H and O–H groups in total. The number of benzene rings is 1. The third kappa shape index (κ3) is 3.26. The molecule has 2 aromatic rings. The Hall–Kier alpha value is -2.23. The molecule has 4 nitrogen and oxygen atoms in total. The summed E-state index contributed by atoms with van der Waals surface area (Å²) in [5.74, 6) is 0. The first-order valence-corrected chi connectivity index (χ1v) is 8.35. The fourth-order valence-corrected chi connectivity index (χ4v) is 3.01. The zero-order valence-electron chi connectivity index (χ0n) is 14.8. The van der Waals surface area contributed by atoms with Gasteiger partial charge in [-0.25, -0.2) is 4.79 Å². The van der Waals surface area contributed by atoms with E-state index in [-0.39, 0.29) is 5.69 Å². The summed E-state index contributed by atoms with van der Waals surface area (Å²) < 4.78 is 3.52. The number of anilines is 1. The third-order valence-corrected chi connectivity index (χ3v) is 4.35. The van der Waals surface area contributed by atoms with Crippen molar-refractivity contribution in [2.75, 3.05) is 18.0 Å². The minimum Gasteiger partial charge on any atom is -0.372 e. The number of hydrogen-bond donors (Lipinski definition) is 0. The van der Waals surface area contributed by atoms with Crippen LogP contribution >= 0.6 is 0 Å². The Balaban J connectivity index is 2.54. The molecule has 0 saturated heterocycles. The van der Waals surface area contributed by atoms with Gasteiger partial charge in [0.05, 0.1) is 10.7 Å². The van der Waals surface area contributed by atoms with Gasteiger partial charge >= 0.3 is 5.69 Å². The molecule has 0 aliphatic heterocycles. The van der Waals surface area contributed by atoms with Gasteiger partial charge < -0.3 is 4.90 Å². The van der Waals surface area contributed by atoms with Gasteiger partial charge in [0.15, 0.2) is 0 Å². The van der Waals surface area contributed by atoms with Gasteiger partial charge in [0.25, 0.3) is 0 Å². The molecule has 23 heavy (non-hydrogen) atoms. The van der Waals surface area contributed by atoms with Crippen LogP contribution in [-0.2, 0) is 13.6 Å². The van der Waals surface area contributed by atoms with Crippen molar-refractivity contribution in [1.29, 1.82) is 0 Å². The van der Waals surface area contributed by atoms with Crippen molar-refractivity contribution in [3.63, 3.8) is 0 Å². The smallest absolute Gasteiger partial charge is 0.328 e. The van der Waals surface area contributed by atoms with Gasteiger partial charge in [-0.3, -0.25) is 9.13 Å². The van der Waals surface area contributed by atoms with Crippen molar-refractivity contribution < 1.29 is 0 Å². The van der Waals surface area contributed by atoms with Crippen molar-refractivity contribution in [3.8, 4) is 0 Å². The van der Waals surface area contributed by atoms with Gasteiger partial charge in [0, 0.05) is 32.4 Å². The van der Waals surface area contributed by atoms with Gasteiger partial charge in [-0.2, -0.15) is 0 Å². The van der Waals surface area contributed by atoms with Gasteiger partial charge in [-0.1, -0.05) is 18.2 Å². The minimum absolute atomic E-state index is 0.0339. The van der Waals surface area contributed by atoms with Crippen LogP contribution in [0.5, 0.6) is 0 Å². The van der Waals surface area contributed by atoms with E-state index in [1.807, 2.05) is 27.0 Å². The quantitative estimate of drug-likeness (QED) is 0.841. The first-order valence-electron chi connectivity index (χ1n) is 8.35. The average Bonchev–Trinajstić information content (AvgIpc) is 2.81. The molecule has 0 saturated carbocycles.